The molecule has 108 valence electrons. The van der Waals surface area contributed by atoms with Crippen molar-refractivity contribution in [3.63, 3.8) is 0 Å². The Morgan fingerprint density at radius 2 is 2.10 bits per heavy atom. The molecule has 4 nitrogen and oxygen atoms in total. The second-order valence-electron chi connectivity index (χ2n) is 4.77. The van der Waals surface area contributed by atoms with Crippen LogP contribution in [0.25, 0.3) is 0 Å². The summed E-state index contributed by atoms with van der Waals surface area (Å²) >= 11 is 0. The van der Waals surface area contributed by atoms with Gasteiger partial charge in [-0.05, 0) is 31.5 Å². The zero-order valence-corrected chi connectivity index (χ0v) is 12.2. The number of carbonyl (C=O) groups excluding carboxylic acids is 1. The van der Waals surface area contributed by atoms with E-state index < -0.39 is 0 Å². The highest BCUT2D eigenvalue weighted by Crippen LogP contribution is 2.14. The fourth-order valence-corrected chi connectivity index (χ4v) is 1.67. The lowest BCUT2D eigenvalue weighted by Crippen LogP contribution is -2.37. The second-order valence-corrected chi connectivity index (χ2v) is 4.77. The van der Waals surface area contributed by atoms with Gasteiger partial charge in [-0.2, -0.15) is 0 Å². The van der Waals surface area contributed by atoms with Crippen molar-refractivity contribution in [2.45, 2.75) is 26.3 Å². The summed E-state index contributed by atoms with van der Waals surface area (Å²) in [6.45, 7) is 3.64. The van der Waals surface area contributed by atoms with E-state index in [4.69, 9.17) is 10.2 Å². The third-order valence-corrected chi connectivity index (χ3v) is 3.11. The maximum absolute atomic E-state index is 12.4. The number of aliphatic hydroxyl groups excluding tert-OH is 2. The topological polar surface area (TPSA) is 60.8 Å². The molecule has 1 atom stereocenters. The average Bonchev–Trinajstić information content (AvgIpc) is 2.45. The van der Waals surface area contributed by atoms with Gasteiger partial charge in [0.15, 0.2) is 0 Å². The summed E-state index contributed by atoms with van der Waals surface area (Å²) in [5, 5.41) is 17.9. The molecule has 0 radical (unpaired) electrons. The molecule has 20 heavy (non-hydrogen) atoms. The van der Waals surface area contributed by atoms with Crippen LogP contribution in [0.1, 0.15) is 34.8 Å². The summed E-state index contributed by atoms with van der Waals surface area (Å²) in [6, 6.07) is 5.22. The third-order valence-electron chi connectivity index (χ3n) is 3.11. The van der Waals surface area contributed by atoms with Gasteiger partial charge < -0.3 is 15.1 Å². The van der Waals surface area contributed by atoms with Gasteiger partial charge in [0.25, 0.3) is 5.91 Å². The highest BCUT2D eigenvalue weighted by molar-refractivity contribution is 5.96. The van der Waals surface area contributed by atoms with Crippen molar-refractivity contribution in [3.8, 4) is 11.8 Å². The summed E-state index contributed by atoms with van der Waals surface area (Å²) in [6.07, 6.45) is 0.379. The van der Waals surface area contributed by atoms with Gasteiger partial charge in [-0.3, -0.25) is 4.79 Å². The summed E-state index contributed by atoms with van der Waals surface area (Å²) in [7, 11) is 1.66. The molecule has 1 amide bonds. The van der Waals surface area contributed by atoms with E-state index in [1.165, 1.54) is 4.90 Å². The predicted molar refractivity (Wildman–Crippen MR) is 78.4 cm³/mol. The number of likely N-dealkylation sites (N-methyl/N-ethyl adjacent to an activating group) is 1. The molecule has 2 N–H and O–H groups in total. The molecule has 0 spiro atoms. The molecule has 0 bridgehead atoms. The lowest BCUT2D eigenvalue weighted by atomic mass is 10.0. The van der Waals surface area contributed by atoms with Crippen molar-refractivity contribution in [1.29, 1.82) is 0 Å². The molecule has 0 fully saturated rings. The minimum atomic E-state index is -0.248. The minimum Gasteiger partial charge on any atom is -0.395 e. The Bertz CT molecular complexity index is 528. The van der Waals surface area contributed by atoms with E-state index in [9.17, 15) is 4.79 Å². The van der Waals surface area contributed by atoms with Gasteiger partial charge in [0.1, 0.15) is 0 Å². The summed E-state index contributed by atoms with van der Waals surface area (Å²) in [5.41, 5.74) is 2.19. The molecule has 1 unspecified atom stereocenters. The molecular weight excluding hydrogens is 254 g/mol. The van der Waals surface area contributed by atoms with Gasteiger partial charge in [0.2, 0.25) is 0 Å². The van der Waals surface area contributed by atoms with Crippen molar-refractivity contribution >= 4 is 5.91 Å². The van der Waals surface area contributed by atoms with Crippen molar-refractivity contribution in [3.05, 3.63) is 34.9 Å². The molecule has 0 saturated heterocycles. The first-order valence-corrected chi connectivity index (χ1v) is 6.59. The molecule has 4 heteroatoms. The maximum atomic E-state index is 12.4. The molecular formula is C16H21NO3. The zero-order chi connectivity index (χ0) is 15.1. The summed E-state index contributed by atoms with van der Waals surface area (Å²) < 4.78 is 0. The van der Waals surface area contributed by atoms with Crippen LogP contribution in [0.15, 0.2) is 18.2 Å². The average molecular weight is 275 g/mol. The number of carbonyl (C=O) groups is 1. The molecule has 1 aromatic carbocycles. The number of rotatable bonds is 4. The van der Waals surface area contributed by atoms with E-state index in [0.717, 1.165) is 5.56 Å². The highest BCUT2D eigenvalue weighted by atomic mass is 16.3. The van der Waals surface area contributed by atoms with Crippen LogP contribution in [-0.4, -0.2) is 47.3 Å². The van der Waals surface area contributed by atoms with Crippen LogP contribution in [0.5, 0.6) is 0 Å². The molecule has 0 aliphatic heterocycles. The van der Waals surface area contributed by atoms with E-state index in [1.54, 1.807) is 20.0 Å². The van der Waals surface area contributed by atoms with Gasteiger partial charge in [0, 0.05) is 19.0 Å². The van der Waals surface area contributed by atoms with Crippen molar-refractivity contribution in [2.75, 3.05) is 20.3 Å². The number of benzene rings is 1. The molecule has 1 aromatic rings. The van der Waals surface area contributed by atoms with Crippen LogP contribution < -0.4 is 0 Å². The van der Waals surface area contributed by atoms with Gasteiger partial charge >= 0.3 is 0 Å². The quantitative estimate of drug-likeness (QED) is 0.811. The maximum Gasteiger partial charge on any atom is 0.255 e. The van der Waals surface area contributed by atoms with E-state index in [0.29, 0.717) is 17.5 Å². The van der Waals surface area contributed by atoms with E-state index in [2.05, 4.69) is 11.8 Å². The molecule has 0 aromatic heterocycles. The number of nitrogens with zero attached hydrogens (tertiary/aromatic N) is 1. The Morgan fingerprint density at radius 1 is 1.40 bits per heavy atom. The van der Waals surface area contributed by atoms with E-state index >= 15 is 0 Å². The Kier molecular flexibility index (Phi) is 6.23. The van der Waals surface area contributed by atoms with E-state index in [-0.39, 0.29) is 25.2 Å². The smallest absolute Gasteiger partial charge is 0.255 e. The Labute approximate surface area is 120 Å². The summed E-state index contributed by atoms with van der Waals surface area (Å²) in [4.78, 5) is 13.9. The molecule has 0 saturated carbocycles. The standard InChI is InChI=1S/C16H21NO3/c1-12-7-8-15(14(10-12)6-4-5-9-18)16(20)17(3)13(2)11-19/h7-8,10,13,18-19H,5,9,11H2,1-3H3. The number of aliphatic hydroxyl groups is 2. The van der Waals surface area contributed by atoms with Crippen LogP contribution in [0, 0.1) is 18.8 Å². The van der Waals surface area contributed by atoms with Gasteiger partial charge in [0.05, 0.1) is 24.8 Å². The number of amides is 1. The molecule has 0 heterocycles. The van der Waals surface area contributed by atoms with Gasteiger partial charge in [-0.1, -0.05) is 17.9 Å². The molecule has 0 aliphatic rings. The van der Waals surface area contributed by atoms with Crippen LogP contribution >= 0.6 is 0 Å². The second kappa shape index (κ2) is 7.68. The van der Waals surface area contributed by atoms with Crippen LogP contribution in [-0.2, 0) is 0 Å². The van der Waals surface area contributed by atoms with Gasteiger partial charge in [-0.25, -0.2) is 0 Å². The Hall–Kier alpha value is -1.83. The van der Waals surface area contributed by atoms with Crippen molar-refractivity contribution in [2.24, 2.45) is 0 Å². The Morgan fingerprint density at radius 3 is 2.70 bits per heavy atom. The van der Waals surface area contributed by atoms with Crippen molar-refractivity contribution in [1.82, 2.24) is 4.90 Å². The first-order chi connectivity index (χ1) is 9.51. The van der Waals surface area contributed by atoms with Crippen LogP contribution in [0.3, 0.4) is 0 Å². The Balaban J connectivity index is 3.11. The highest BCUT2D eigenvalue weighted by Gasteiger charge is 2.19. The van der Waals surface area contributed by atoms with Crippen molar-refractivity contribution < 1.29 is 15.0 Å². The third kappa shape index (κ3) is 4.09. The van der Waals surface area contributed by atoms with Crippen LogP contribution in [0.2, 0.25) is 0 Å². The predicted octanol–water partition coefficient (Wildman–Crippen LogP) is 1.18. The summed E-state index contributed by atoms with van der Waals surface area (Å²) in [5.74, 6) is 5.60. The SMILES string of the molecule is Cc1ccc(C(=O)N(C)C(C)CO)c(C#CCCO)c1. The normalized spacial score (nSPS) is 11.4. The first-order valence-electron chi connectivity index (χ1n) is 6.59. The lowest BCUT2D eigenvalue weighted by Gasteiger charge is -2.23. The molecule has 0 aliphatic carbocycles. The number of hydrogen-bond donors (Lipinski definition) is 2. The van der Waals surface area contributed by atoms with Crippen LogP contribution in [0.4, 0.5) is 0 Å². The number of aryl methyl sites for hydroxylation is 1. The monoisotopic (exact) mass is 275 g/mol. The van der Waals surface area contributed by atoms with Gasteiger partial charge in [-0.15, -0.1) is 0 Å². The van der Waals surface area contributed by atoms with E-state index in [1.807, 2.05) is 19.1 Å². The fraction of sp³-hybridized carbons (Fsp3) is 0.438. The first kappa shape index (κ1) is 16.2. The zero-order valence-electron chi connectivity index (χ0n) is 12.2. The minimum absolute atomic E-state index is 0.00352. The largest absolute Gasteiger partial charge is 0.395 e. The lowest BCUT2D eigenvalue weighted by molar-refractivity contribution is 0.0682. The number of hydrogen-bond acceptors (Lipinski definition) is 3. The molecule has 1 rings (SSSR count). The fourth-order valence-electron chi connectivity index (χ4n) is 1.67.